The van der Waals surface area contributed by atoms with Gasteiger partial charge in [-0.1, -0.05) is 29.3 Å². The minimum Gasteiger partial charge on any atom is -0.306 e. The highest BCUT2D eigenvalue weighted by Gasteiger charge is 2.23. The van der Waals surface area contributed by atoms with E-state index in [2.05, 4.69) is 46.2 Å². The number of carbonyl (C=O) groups excluding carboxylic acids is 1. The molecule has 4 nitrogen and oxygen atoms in total. The van der Waals surface area contributed by atoms with Crippen molar-refractivity contribution in [2.75, 3.05) is 20.1 Å². The van der Waals surface area contributed by atoms with Gasteiger partial charge in [-0.05, 0) is 85.3 Å². The topological polar surface area (TPSA) is 46.1 Å². The van der Waals surface area contributed by atoms with Crippen LogP contribution in [-0.4, -0.2) is 41.3 Å². The molecule has 0 spiro atoms. The van der Waals surface area contributed by atoms with E-state index in [0.717, 1.165) is 55.6 Å². The minimum absolute atomic E-state index is 0.489. The molecule has 0 radical (unpaired) electrons. The zero-order valence-corrected chi connectivity index (χ0v) is 19.2. The van der Waals surface area contributed by atoms with E-state index in [1.165, 1.54) is 28.0 Å². The van der Waals surface area contributed by atoms with Gasteiger partial charge in [0, 0.05) is 54.4 Å². The van der Waals surface area contributed by atoms with Gasteiger partial charge < -0.3 is 9.69 Å². The largest absolute Gasteiger partial charge is 0.306 e. The second-order valence-electron chi connectivity index (χ2n) is 8.31. The number of likely N-dealkylation sites (tertiary alicyclic amines) is 1. The van der Waals surface area contributed by atoms with Crippen LogP contribution in [0.3, 0.4) is 0 Å². The highest BCUT2D eigenvalue weighted by molar-refractivity contribution is 6.30. The lowest BCUT2D eigenvalue weighted by Gasteiger charge is -2.27. The van der Waals surface area contributed by atoms with Gasteiger partial charge in [0.15, 0.2) is 0 Å². The number of fused-ring (bicyclic) bond motifs is 2. The third-order valence-electron chi connectivity index (χ3n) is 6.14. The van der Waals surface area contributed by atoms with Crippen LogP contribution in [0.4, 0.5) is 0 Å². The molecule has 164 valence electrons. The molecule has 1 aliphatic carbocycles. The van der Waals surface area contributed by atoms with Crippen molar-refractivity contribution in [2.24, 2.45) is 0 Å². The average Bonchev–Trinajstić information content (AvgIpc) is 2.98. The van der Waals surface area contributed by atoms with Gasteiger partial charge in [-0.2, -0.15) is 0 Å². The van der Waals surface area contributed by atoms with E-state index < -0.39 is 0 Å². The van der Waals surface area contributed by atoms with Crippen molar-refractivity contribution in [3.05, 3.63) is 99.6 Å². The van der Waals surface area contributed by atoms with Gasteiger partial charge in [-0.15, -0.1) is 0 Å². The molecule has 0 N–H and O–H groups in total. The Morgan fingerprint density at radius 3 is 2.50 bits per heavy atom. The van der Waals surface area contributed by atoms with Crippen LogP contribution < -0.4 is 0 Å². The fourth-order valence-electron chi connectivity index (χ4n) is 4.41. The molecule has 3 aromatic rings. The first-order valence-electron chi connectivity index (χ1n) is 11.1. The Morgan fingerprint density at radius 1 is 0.969 bits per heavy atom. The van der Waals surface area contributed by atoms with Gasteiger partial charge in [-0.3, -0.25) is 9.97 Å². The van der Waals surface area contributed by atoms with Gasteiger partial charge in [0.05, 0.1) is 0 Å². The van der Waals surface area contributed by atoms with Crippen molar-refractivity contribution in [3.8, 4) is 0 Å². The Balaban J connectivity index is 0.000000230. The number of aldehydes is 1. The fourth-order valence-corrected chi connectivity index (χ4v) is 4.61. The standard InChI is InChI=1S/C20H21ClN2.C7H7NO/c1-23-11-8-14(9-12-23)20-17-6-5-16(21)13-15(17)4-7-19-18(20)3-2-10-22-19;9-6-3-7-1-4-8-5-2-7/h2-3,5-6,10,13H,4,7-9,11-12H2,1H3;1-2,4-6H,3H2. The number of aryl methyl sites for hydroxylation is 2. The average molecular weight is 446 g/mol. The first-order chi connectivity index (χ1) is 15.7. The number of piperidine rings is 1. The number of hydrogen-bond donors (Lipinski definition) is 0. The van der Waals surface area contributed by atoms with Crippen LogP contribution in [0.5, 0.6) is 0 Å². The van der Waals surface area contributed by atoms with E-state index in [4.69, 9.17) is 11.6 Å². The monoisotopic (exact) mass is 445 g/mol. The van der Waals surface area contributed by atoms with E-state index in [1.807, 2.05) is 24.4 Å². The fraction of sp³-hybridized carbons (Fsp3) is 0.296. The van der Waals surface area contributed by atoms with Gasteiger partial charge >= 0.3 is 0 Å². The maximum absolute atomic E-state index is 9.95. The van der Waals surface area contributed by atoms with Gasteiger partial charge in [-0.25, -0.2) is 0 Å². The molecule has 32 heavy (non-hydrogen) atoms. The Bertz CT molecular complexity index is 1100. The Morgan fingerprint density at radius 2 is 1.75 bits per heavy atom. The van der Waals surface area contributed by atoms with Crippen LogP contribution in [0.25, 0.3) is 5.57 Å². The van der Waals surface area contributed by atoms with Gasteiger partial charge in [0.1, 0.15) is 6.29 Å². The summed E-state index contributed by atoms with van der Waals surface area (Å²) in [7, 11) is 2.21. The van der Waals surface area contributed by atoms with E-state index in [9.17, 15) is 4.79 Å². The lowest BCUT2D eigenvalue weighted by Crippen LogP contribution is -2.27. The maximum Gasteiger partial charge on any atom is 0.124 e. The second kappa shape index (κ2) is 10.7. The van der Waals surface area contributed by atoms with Crippen LogP contribution in [0.15, 0.2) is 66.6 Å². The molecule has 5 rings (SSSR count). The summed E-state index contributed by atoms with van der Waals surface area (Å²) in [6.07, 6.45) is 10.9. The lowest BCUT2D eigenvalue weighted by atomic mass is 9.87. The van der Waals surface area contributed by atoms with E-state index >= 15 is 0 Å². The molecule has 0 atom stereocenters. The van der Waals surface area contributed by atoms with Crippen molar-refractivity contribution >= 4 is 23.5 Å². The summed E-state index contributed by atoms with van der Waals surface area (Å²) in [6.45, 7) is 2.27. The summed E-state index contributed by atoms with van der Waals surface area (Å²) in [5.74, 6) is 0. The van der Waals surface area contributed by atoms with E-state index in [1.54, 1.807) is 18.0 Å². The first kappa shape index (κ1) is 22.4. The number of pyridine rings is 2. The molecule has 0 bridgehead atoms. The number of benzene rings is 1. The van der Waals surface area contributed by atoms with E-state index in [-0.39, 0.29) is 0 Å². The van der Waals surface area contributed by atoms with Crippen molar-refractivity contribution < 1.29 is 4.79 Å². The SMILES string of the molecule is CN1CCC(=C2c3ccc(Cl)cc3CCc3ncccc32)CC1.O=CCc1ccncc1. The molecular formula is C27H28ClN3O. The first-order valence-corrected chi connectivity index (χ1v) is 11.5. The summed E-state index contributed by atoms with van der Waals surface area (Å²) < 4.78 is 0. The van der Waals surface area contributed by atoms with Crippen molar-refractivity contribution in [3.63, 3.8) is 0 Å². The quantitative estimate of drug-likeness (QED) is 0.509. The molecule has 5 heteroatoms. The van der Waals surface area contributed by atoms with Crippen LogP contribution in [-0.2, 0) is 24.1 Å². The predicted octanol–water partition coefficient (Wildman–Crippen LogP) is 5.18. The maximum atomic E-state index is 9.95. The number of nitrogens with zero attached hydrogens (tertiary/aromatic N) is 3. The molecule has 0 unspecified atom stereocenters. The highest BCUT2D eigenvalue weighted by Crippen LogP contribution is 2.38. The normalized spacial score (nSPS) is 15.7. The third kappa shape index (κ3) is 5.32. The van der Waals surface area contributed by atoms with Crippen molar-refractivity contribution in [2.45, 2.75) is 32.1 Å². The molecule has 2 aliphatic rings. The lowest BCUT2D eigenvalue weighted by molar-refractivity contribution is -0.107. The predicted molar refractivity (Wildman–Crippen MR) is 130 cm³/mol. The second-order valence-corrected chi connectivity index (χ2v) is 8.74. The smallest absolute Gasteiger partial charge is 0.124 e. The van der Waals surface area contributed by atoms with Crippen molar-refractivity contribution in [1.29, 1.82) is 0 Å². The highest BCUT2D eigenvalue weighted by atomic mass is 35.5. The summed E-state index contributed by atoms with van der Waals surface area (Å²) >= 11 is 6.26. The summed E-state index contributed by atoms with van der Waals surface area (Å²) in [5.41, 5.74) is 9.28. The van der Waals surface area contributed by atoms with Gasteiger partial charge in [0.2, 0.25) is 0 Å². The van der Waals surface area contributed by atoms with Gasteiger partial charge in [0.25, 0.3) is 0 Å². The molecule has 2 aromatic heterocycles. The Hall–Kier alpha value is -2.82. The van der Waals surface area contributed by atoms with Crippen LogP contribution >= 0.6 is 11.6 Å². The molecule has 1 fully saturated rings. The summed E-state index contributed by atoms with van der Waals surface area (Å²) in [6, 6.07) is 14.3. The third-order valence-corrected chi connectivity index (χ3v) is 6.37. The number of halogens is 1. The molecular weight excluding hydrogens is 418 g/mol. The Kier molecular flexibility index (Phi) is 7.46. The van der Waals surface area contributed by atoms with Crippen molar-refractivity contribution in [1.82, 2.24) is 14.9 Å². The van der Waals surface area contributed by atoms with Crippen LogP contribution in [0.2, 0.25) is 5.02 Å². The molecule has 0 saturated carbocycles. The zero-order valence-electron chi connectivity index (χ0n) is 18.4. The van der Waals surface area contributed by atoms with Crippen LogP contribution in [0, 0.1) is 0 Å². The van der Waals surface area contributed by atoms with E-state index in [0.29, 0.717) is 6.42 Å². The summed E-state index contributed by atoms with van der Waals surface area (Å²) in [4.78, 5) is 20.8. The number of rotatable bonds is 2. The number of carbonyl (C=O) groups is 1. The molecule has 0 amide bonds. The Labute approximate surface area is 195 Å². The molecule has 1 aromatic carbocycles. The zero-order chi connectivity index (χ0) is 22.3. The van der Waals surface area contributed by atoms with Crippen LogP contribution in [0.1, 0.15) is 40.8 Å². The molecule has 3 heterocycles. The number of aromatic nitrogens is 2. The summed E-state index contributed by atoms with van der Waals surface area (Å²) in [5, 5.41) is 0.829. The number of hydrogen-bond acceptors (Lipinski definition) is 4. The molecule has 1 aliphatic heterocycles. The molecule has 1 saturated heterocycles. The minimum atomic E-state index is 0.489.